The SMILES string of the molecule is COC(=O)c1c(O)cnc2c(Br)cccc12. The quantitative estimate of drug-likeness (QED) is 0.816. The molecular formula is C11H8BrNO3. The van der Waals surface area contributed by atoms with Crippen molar-refractivity contribution in [1.29, 1.82) is 0 Å². The molecule has 0 aliphatic heterocycles. The van der Waals surface area contributed by atoms with Gasteiger partial charge in [0, 0.05) is 9.86 Å². The molecule has 1 heterocycles. The number of methoxy groups -OCH3 is 1. The zero-order chi connectivity index (χ0) is 11.7. The summed E-state index contributed by atoms with van der Waals surface area (Å²) in [5.41, 5.74) is 0.745. The Kier molecular flexibility index (Phi) is 2.78. The second kappa shape index (κ2) is 4.09. The summed E-state index contributed by atoms with van der Waals surface area (Å²) < 4.78 is 5.38. The van der Waals surface area contributed by atoms with Crippen LogP contribution in [0.4, 0.5) is 0 Å². The third kappa shape index (κ3) is 1.63. The van der Waals surface area contributed by atoms with Crippen LogP contribution < -0.4 is 0 Å². The second-order valence-electron chi connectivity index (χ2n) is 3.15. The summed E-state index contributed by atoms with van der Waals surface area (Å²) in [6, 6.07) is 5.28. The maximum atomic E-state index is 11.5. The first-order valence-corrected chi connectivity index (χ1v) is 5.29. The molecule has 1 aromatic heterocycles. The molecule has 0 bridgehead atoms. The van der Waals surface area contributed by atoms with E-state index in [1.54, 1.807) is 12.1 Å². The van der Waals surface area contributed by atoms with Crippen molar-refractivity contribution in [1.82, 2.24) is 4.98 Å². The van der Waals surface area contributed by atoms with E-state index in [1.165, 1.54) is 13.3 Å². The molecule has 4 nitrogen and oxygen atoms in total. The van der Waals surface area contributed by atoms with Crippen LogP contribution in [0.25, 0.3) is 10.9 Å². The Bertz CT molecular complexity index is 568. The molecular weight excluding hydrogens is 274 g/mol. The number of para-hydroxylation sites is 1. The van der Waals surface area contributed by atoms with E-state index in [-0.39, 0.29) is 11.3 Å². The molecule has 1 aromatic carbocycles. The first kappa shape index (κ1) is 10.9. The maximum Gasteiger partial charge on any atom is 0.342 e. The van der Waals surface area contributed by atoms with E-state index in [1.807, 2.05) is 6.07 Å². The predicted octanol–water partition coefficient (Wildman–Crippen LogP) is 2.49. The zero-order valence-corrected chi connectivity index (χ0v) is 9.98. The molecule has 82 valence electrons. The summed E-state index contributed by atoms with van der Waals surface area (Å²) >= 11 is 3.33. The molecule has 0 atom stereocenters. The number of esters is 1. The molecule has 0 saturated carbocycles. The van der Waals surface area contributed by atoms with Gasteiger partial charge in [0.2, 0.25) is 0 Å². The van der Waals surface area contributed by atoms with E-state index in [9.17, 15) is 9.90 Å². The van der Waals surface area contributed by atoms with Gasteiger partial charge in [0.15, 0.2) is 0 Å². The van der Waals surface area contributed by atoms with Crippen molar-refractivity contribution in [2.45, 2.75) is 0 Å². The number of nitrogens with zero attached hydrogens (tertiary/aromatic N) is 1. The summed E-state index contributed by atoms with van der Waals surface area (Å²) in [7, 11) is 1.27. The average Bonchev–Trinajstić information content (AvgIpc) is 2.28. The van der Waals surface area contributed by atoms with Gasteiger partial charge in [-0.3, -0.25) is 4.98 Å². The monoisotopic (exact) mass is 281 g/mol. The van der Waals surface area contributed by atoms with Gasteiger partial charge in [-0.15, -0.1) is 0 Å². The lowest BCUT2D eigenvalue weighted by atomic mass is 10.1. The minimum Gasteiger partial charge on any atom is -0.505 e. The Morgan fingerprint density at radius 3 is 2.94 bits per heavy atom. The summed E-state index contributed by atoms with van der Waals surface area (Å²) in [5.74, 6) is -0.763. The largest absolute Gasteiger partial charge is 0.505 e. The number of aromatic hydroxyl groups is 1. The lowest BCUT2D eigenvalue weighted by Crippen LogP contribution is -2.03. The lowest BCUT2D eigenvalue weighted by molar-refractivity contribution is 0.0599. The van der Waals surface area contributed by atoms with Crippen LogP contribution in [0, 0.1) is 0 Å². The van der Waals surface area contributed by atoms with Gasteiger partial charge in [0.05, 0.1) is 18.8 Å². The van der Waals surface area contributed by atoms with E-state index in [0.717, 1.165) is 4.47 Å². The van der Waals surface area contributed by atoms with Crippen molar-refractivity contribution in [2.75, 3.05) is 7.11 Å². The van der Waals surface area contributed by atoms with Gasteiger partial charge in [-0.1, -0.05) is 12.1 Å². The van der Waals surface area contributed by atoms with Crippen LogP contribution in [0.2, 0.25) is 0 Å². The molecule has 0 fully saturated rings. The number of aromatic nitrogens is 1. The molecule has 0 spiro atoms. The van der Waals surface area contributed by atoms with Crippen molar-refractivity contribution in [3.05, 3.63) is 34.4 Å². The molecule has 5 heteroatoms. The third-order valence-corrected chi connectivity index (χ3v) is 2.86. The Morgan fingerprint density at radius 1 is 1.50 bits per heavy atom. The Labute approximate surface area is 100.0 Å². The van der Waals surface area contributed by atoms with Crippen LogP contribution in [0.1, 0.15) is 10.4 Å². The number of hydrogen-bond acceptors (Lipinski definition) is 4. The van der Waals surface area contributed by atoms with Crippen molar-refractivity contribution in [2.24, 2.45) is 0 Å². The fraction of sp³-hybridized carbons (Fsp3) is 0.0909. The molecule has 0 aliphatic rings. The van der Waals surface area contributed by atoms with E-state index in [0.29, 0.717) is 10.9 Å². The van der Waals surface area contributed by atoms with E-state index in [2.05, 4.69) is 25.7 Å². The zero-order valence-electron chi connectivity index (χ0n) is 8.40. The highest BCUT2D eigenvalue weighted by molar-refractivity contribution is 9.10. The molecule has 0 radical (unpaired) electrons. The number of hydrogen-bond donors (Lipinski definition) is 1. The Balaban J connectivity index is 2.85. The van der Waals surface area contributed by atoms with Crippen LogP contribution in [0.15, 0.2) is 28.9 Å². The van der Waals surface area contributed by atoms with E-state index >= 15 is 0 Å². The van der Waals surface area contributed by atoms with Crippen LogP contribution >= 0.6 is 15.9 Å². The van der Waals surface area contributed by atoms with Crippen molar-refractivity contribution < 1.29 is 14.6 Å². The topological polar surface area (TPSA) is 59.4 Å². The molecule has 0 unspecified atom stereocenters. The number of rotatable bonds is 1. The Hall–Kier alpha value is -1.62. The van der Waals surface area contributed by atoms with Gasteiger partial charge in [0.25, 0.3) is 0 Å². The van der Waals surface area contributed by atoms with E-state index < -0.39 is 5.97 Å². The number of benzene rings is 1. The van der Waals surface area contributed by atoms with Gasteiger partial charge in [-0.25, -0.2) is 4.79 Å². The Morgan fingerprint density at radius 2 is 2.25 bits per heavy atom. The normalized spacial score (nSPS) is 10.4. The molecule has 16 heavy (non-hydrogen) atoms. The smallest absolute Gasteiger partial charge is 0.342 e. The second-order valence-corrected chi connectivity index (χ2v) is 4.00. The average molecular weight is 282 g/mol. The first-order valence-electron chi connectivity index (χ1n) is 4.49. The van der Waals surface area contributed by atoms with Crippen molar-refractivity contribution in [3.8, 4) is 5.75 Å². The number of halogens is 1. The first-order chi connectivity index (χ1) is 7.65. The highest BCUT2D eigenvalue weighted by Gasteiger charge is 2.17. The summed E-state index contributed by atoms with van der Waals surface area (Å²) in [6.45, 7) is 0. The molecule has 0 aliphatic carbocycles. The molecule has 1 N–H and O–H groups in total. The molecule has 2 rings (SSSR count). The number of fused-ring (bicyclic) bond motifs is 1. The van der Waals surface area contributed by atoms with Gasteiger partial charge < -0.3 is 9.84 Å². The fourth-order valence-electron chi connectivity index (χ4n) is 1.49. The minimum atomic E-state index is -0.581. The maximum absolute atomic E-state index is 11.5. The van der Waals surface area contributed by atoms with Crippen molar-refractivity contribution in [3.63, 3.8) is 0 Å². The number of pyridine rings is 1. The molecule has 0 amide bonds. The standard InChI is InChI=1S/C11H8BrNO3/c1-16-11(15)9-6-3-2-4-7(12)10(6)13-5-8(9)14/h2-5,14H,1H3. The highest BCUT2D eigenvalue weighted by atomic mass is 79.9. The molecule has 2 aromatic rings. The summed E-state index contributed by atoms with van der Waals surface area (Å²) in [5, 5.41) is 10.2. The fourth-order valence-corrected chi connectivity index (χ4v) is 1.96. The summed E-state index contributed by atoms with van der Waals surface area (Å²) in [6.07, 6.45) is 1.24. The highest BCUT2D eigenvalue weighted by Crippen LogP contribution is 2.29. The van der Waals surface area contributed by atoms with Crippen LogP contribution in [-0.2, 0) is 4.74 Å². The number of ether oxygens (including phenoxy) is 1. The van der Waals surface area contributed by atoms with Gasteiger partial charge in [-0.2, -0.15) is 0 Å². The van der Waals surface area contributed by atoms with Gasteiger partial charge in [-0.05, 0) is 22.0 Å². The lowest BCUT2D eigenvalue weighted by Gasteiger charge is -2.07. The van der Waals surface area contributed by atoms with Crippen LogP contribution in [-0.4, -0.2) is 23.2 Å². The number of carbonyl (C=O) groups excluding carboxylic acids is 1. The van der Waals surface area contributed by atoms with Crippen LogP contribution in [0.5, 0.6) is 5.75 Å². The summed E-state index contributed by atoms with van der Waals surface area (Å²) in [4.78, 5) is 15.6. The minimum absolute atomic E-state index is 0.133. The third-order valence-electron chi connectivity index (χ3n) is 2.22. The van der Waals surface area contributed by atoms with Gasteiger partial charge >= 0.3 is 5.97 Å². The number of carbonyl (C=O) groups is 1. The van der Waals surface area contributed by atoms with Crippen LogP contribution in [0.3, 0.4) is 0 Å². The molecule has 0 saturated heterocycles. The van der Waals surface area contributed by atoms with Gasteiger partial charge in [0.1, 0.15) is 11.3 Å². The van der Waals surface area contributed by atoms with E-state index in [4.69, 9.17) is 0 Å². The van der Waals surface area contributed by atoms with Crippen molar-refractivity contribution >= 4 is 32.8 Å². The predicted molar refractivity (Wildman–Crippen MR) is 62.4 cm³/mol.